The second-order valence-electron chi connectivity index (χ2n) is 7.34. The minimum absolute atomic E-state index is 0. The van der Waals surface area contributed by atoms with E-state index in [4.69, 9.17) is 0 Å². The van der Waals surface area contributed by atoms with Gasteiger partial charge in [-0.05, 0) is 0 Å². The molecule has 1 saturated heterocycles. The van der Waals surface area contributed by atoms with Gasteiger partial charge in [-0.2, -0.15) is 0 Å². The van der Waals surface area contributed by atoms with Gasteiger partial charge in [0, 0.05) is 0 Å². The molecular weight excluding hydrogens is 682 g/mol. The molecule has 7 rings (SSSR count). The van der Waals surface area contributed by atoms with Gasteiger partial charge < -0.3 is 24.8 Å². The van der Waals surface area contributed by atoms with Gasteiger partial charge in [-0.25, -0.2) is 0 Å². The fraction of sp³-hybridized carbons (Fsp3) is 0.0909. The normalized spacial score (nSPS) is 27.8. The van der Waals surface area contributed by atoms with Crippen LogP contribution in [0.1, 0.15) is 0 Å². The van der Waals surface area contributed by atoms with Crippen LogP contribution in [-0.2, 0) is 23.2 Å². The summed E-state index contributed by atoms with van der Waals surface area (Å²) in [4.78, 5) is 0. The summed E-state index contributed by atoms with van der Waals surface area (Å²) in [5, 5.41) is 10.5. The van der Waals surface area contributed by atoms with E-state index in [1.165, 1.54) is 41.0 Å². The zero-order valence-corrected chi connectivity index (χ0v) is 24.6. The second-order valence-corrected chi connectivity index (χ2v) is 21.2. The van der Waals surface area contributed by atoms with Crippen molar-refractivity contribution in [3.63, 3.8) is 0 Å². The average molecular weight is 692 g/mol. The predicted molar refractivity (Wildman–Crippen MR) is 127 cm³/mol. The van der Waals surface area contributed by atoms with Crippen molar-refractivity contribution in [2.75, 3.05) is 0 Å². The van der Waals surface area contributed by atoms with E-state index >= 15 is 0 Å². The summed E-state index contributed by atoms with van der Waals surface area (Å²) >= 11 is 12.9. The van der Waals surface area contributed by atoms with Crippen LogP contribution in [0.15, 0.2) is 67.3 Å². The second kappa shape index (κ2) is 7.70. The summed E-state index contributed by atoms with van der Waals surface area (Å²) in [6.07, 6.45) is 4.77. The van der Waals surface area contributed by atoms with E-state index in [1.807, 2.05) is 0 Å². The molecule has 0 bridgehead atoms. The molecule has 8 heteroatoms. The minimum atomic E-state index is -0.763. The monoisotopic (exact) mass is 688 g/mol. The first-order valence-corrected chi connectivity index (χ1v) is 15.5. The molecule has 0 nitrogen and oxygen atoms in total. The van der Waals surface area contributed by atoms with Crippen LogP contribution in [0.4, 0.5) is 0 Å². The average Bonchev–Trinajstić information content (AvgIpc) is 3.34. The molecule has 2 aliphatic carbocycles. The molecule has 2 aromatic rings. The summed E-state index contributed by atoms with van der Waals surface area (Å²) in [7, 11) is 0. The Kier molecular flexibility index (Phi) is 5.81. The van der Waals surface area contributed by atoms with Gasteiger partial charge in [0.15, 0.2) is 0 Å². The van der Waals surface area contributed by atoms with Gasteiger partial charge in [0.1, 0.15) is 0 Å². The number of halogens is 4. The predicted octanol–water partition coefficient (Wildman–Crippen LogP) is -1.79. The molecule has 2 spiro atoms. The number of rotatable bonds is 0. The van der Waals surface area contributed by atoms with Gasteiger partial charge >= 0.3 is 205 Å². The number of thioether (sulfide) groups is 3. The molecule has 0 amide bonds. The molecule has 148 valence electrons. The van der Waals surface area contributed by atoms with Crippen molar-refractivity contribution in [1.29, 1.82) is 0 Å². The molecule has 2 aromatic carbocycles. The topological polar surface area (TPSA) is 0 Å². The molecule has 3 heterocycles. The molecule has 30 heavy (non-hydrogen) atoms. The van der Waals surface area contributed by atoms with E-state index in [9.17, 15) is 0 Å². The van der Waals surface area contributed by atoms with E-state index in [0.29, 0.717) is 3.57 Å². The first-order valence-electron chi connectivity index (χ1n) is 8.87. The fourth-order valence-corrected chi connectivity index (χ4v) is 22.1. The Balaban J connectivity index is 0.000000963. The van der Waals surface area contributed by atoms with Crippen LogP contribution >= 0.6 is 67.1 Å². The fourth-order valence-electron chi connectivity index (χ4n) is 4.64. The number of hydrogen-bond acceptors (Lipinski definition) is 3. The van der Waals surface area contributed by atoms with Crippen LogP contribution in [-0.4, -0.2) is 3.57 Å². The molecular formula is C22H10Br2Cl2S3Zr. The van der Waals surface area contributed by atoms with E-state index in [-0.39, 0.29) is 24.8 Å². The van der Waals surface area contributed by atoms with Crippen molar-refractivity contribution in [3.8, 4) is 0 Å². The maximum absolute atomic E-state index is 3.64. The number of fused-ring (bicyclic) bond motifs is 6. The number of hydrogen-bond donors (Lipinski definition) is 0. The van der Waals surface area contributed by atoms with Crippen molar-refractivity contribution in [3.05, 3.63) is 88.2 Å². The molecule has 0 radical (unpaired) electrons. The van der Waals surface area contributed by atoms with Crippen molar-refractivity contribution in [2.45, 2.75) is 3.57 Å². The molecule has 5 aliphatic rings. The van der Waals surface area contributed by atoms with Gasteiger partial charge in [-0.15, -0.1) is 0 Å². The zero-order valence-electron chi connectivity index (χ0n) is 15.0. The maximum Gasteiger partial charge on any atom is -1.00 e. The number of allylic oxidation sites excluding steroid dienone is 2. The molecule has 0 N–H and O–H groups in total. The Morgan fingerprint density at radius 1 is 0.700 bits per heavy atom. The smallest absolute Gasteiger partial charge is 1.00 e. The summed E-state index contributed by atoms with van der Waals surface area (Å²) in [5.41, 5.74) is 6.17. The Hall–Kier alpha value is 0.873. The van der Waals surface area contributed by atoms with Crippen LogP contribution in [0.5, 0.6) is 0 Å². The van der Waals surface area contributed by atoms with Crippen molar-refractivity contribution in [1.82, 2.24) is 0 Å². The standard InChI is InChI=1S/C22H10Br2S3.2ClH.Zr/c23-15-1-3-17-11(7-15)5-13-9-25-21(19(13)17)27-22-20-14(10-26-22)6-12-8-16(24)2-4-18(12)20;;;/h1-10H;2*1H;/q;;;+2/p-2. The minimum Gasteiger partial charge on any atom is -1.00 e. The van der Waals surface area contributed by atoms with Gasteiger partial charge in [-0.1, -0.05) is 0 Å². The van der Waals surface area contributed by atoms with Crippen molar-refractivity contribution < 1.29 is 48.0 Å². The van der Waals surface area contributed by atoms with Crippen LogP contribution in [0.25, 0.3) is 23.3 Å². The third-order valence-corrected chi connectivity index (χ3v) is 19.1. The molecule has 2 unspecified atom stereocenters. The summed E-state index contributed by atoms with van der Waals surface area (Å²) in [5.74, 6) is 0. The maximum atomic E-state index is 3.64. The van der Waals surface area contributed by atoms with Gasteiger partial charge in [0.05, 0.1) is 0 Å². The number of benzene rings is 2. The molecule has 3 aliphatic heterocycles. The van der Waals surface area contributed by atoms with Crippen LogP contribution in [0.2, 0.25) is 0 Å². The summed E-state index contributed by atoms with van der Waals surface area (Å²) in [6.45, 7) is 0. The van der Waals surface area contributed by atoms with Crippen LogP contribution in [0.3, 0.4) is 0 Å². The molecule has 2 atom stereocenters. The summed E-state index contributed by atoms with van der Waals surface area (Å²) < 4.78 is 3.00. The van der Waals surface area contributed by atoms with Crippen LogP contribution in [0, 0.1) is 0 Å². The summed E-state index contributed by atoms with van der Waals surface area (Å²) in [6, 6.07) is 13.6. The Labute approximate surface area is 227 Å². The third-order valence-electron chi connectivity index (χ3n) is 5.74. The Morgan fingerprint density at radius 2 is 1.13 bits per heavy atom. The van der Waals surface area contributed by atoms with E-state index in [2.05, 4.69) is 127 Å². The van der Waals surface area contributed by atoms with E-state index < -0.39 is 23.2 Å². The third kappa shape index (κ3) is 2.97. The van der Waals surface area contributed by atoms with E-state index in [1.54, 1.807) is 11.1 Å². The van der Waals surface area contributed by atoms with Gasteiger partial charge in [0.25, 0.3) is 0 Å². The Bertz CT molecular complexity index is 1350. The van der Waals surface area contributed by atoms with Gasteiger partial charge in [0.2, 0.25) is 0 Å². The largest absolute Gasteiger partial charge is 1.00 e. The molecule has 0 saturated carbocycles. The van der Waals surface area contributed by atoms with Crippen molar-refractivity contribution >= 4 is 90.4 Å². The van der Waals surface area contributed by atoms with Crippen LogP contribution < -0.4 is 45.7 Å². The zero-order chi connectivity index (χ0) is 18.7. The first-order chi connectivity index (χ1) is 13.6. The van der Waals surface area contributed by atoms with Crippen molar-refractivity contribution in [2.24, 2.45) is 0 Å². The Morgan fingerprint density at radius 3 is 1.57 bits per heavy atom. The molecule has 1 fully saturated rings. The first kappa shape index (κ1) is 22.7. The van der Waals surface area contributed by atoms with E-state index in [0.717, 1.165) is 0 Å². The molecule has 0 aromatic heterocycles. The SMILES string of the molecule is Brc1ccc2c(c1)=CC1=CS[C]3(S[C]4(SC=C5C=c6cc(Br)ccc6=C54)[Zr+2]3)C=21.[Cl-].[Cl-]. The van der Waals surface area contributed by atoms with Gasteiger partial charge in [-0.3, -0.25) is 0 Å². The quantitative estimate of drug-likeness (QED) is 0.321.